The van der Waals surface area contributed by atoms with Gasteiger partial charge < -0.3 is 20.3 Å². The van der Waals surface area contributed by atoms with Gasteiger partial charge in [0.2, 0.25) is 5.95 Å². The standard InChI is InChI=1S/C24H32N6O/c1-29-15-17-30(18-16-29)14-13-25-23-21-5-3-4-6-22(21)27-24(28-23)26-12-11-19-7-9-20(31-2)10-8-19/h3-10H,11-18H2,1-2H3,(H2,25,26,27,28). The minimum absolute atomic E-state index is 0.661. The fraction of sp³-hybridized carbons (Fsp3) is 0.417. The van der Waals surface area contributed by atoms with Crippen LogP contribution in [-0.4, -0.2) is 79.7 Å². The maximum absolute atomic E-state index is 5.22. The Morgan fingerprint density at radius 1 is 0.903 bits per heavy atom. The average Bonchev–Trinajstić information content (AvgIpc) is 2.81. The van der Waals surface area contributed by atoms with Crippen LogP contribution >= 0.6 is 0 Å². The van der Waals surface area contributed by atoms with Crippen LogP contribution < -0.4 is 15.4 Å². The van der Waals surface area contributed by atoms with Crippen molar-refractivity contribution in [3.8, 4) is 5.75 Å². The number of hydrogen-bond acceptors (Lipinski definition) is 7. The van der Waals surface area contributed by atoms with Gasteiger partial charge in [-0.15, -0.1) is 0 Å². The number of nitrogens with one attached hydrogen (secondary N) is 2. The summed E-state index contributed by atoms with van der Waals surface area (Å²) >= 11 is 0. The Kier molecular flexibility index (Phi) is 7.17. The molecule has 0 unspecified atom stereocenters. The van der Waals surface area contributed by atoms with E-state index >= 15 is 0 Å². The van der Waals surface area contributed by atoms with Gasteiger partial charge in [-0.2, -0.15) is 4.98 Å². The minimum atomic E-state index is 0.661. The Labute approximate surface area is 184 Å². The first-order chi connectivity index (χ1) is 15.2. The first-order valence-corrected chi connectivity index (χ1v) is 11.0. The third-order valence-corrected chi connectivity index (χ3v) is 5.78. The van der Waals surface area contributed by atoms with Gasteiger partial charge in [0.25, 0.3) is 0 Å². The van der Waals surface area contributed by atoms with Crippen molar-refractivity contribution < 1.29 is 4.74 Å². The zero-order chi connectivity index (χ0) is 21.5. The molecule has 1 fully saturated rings. The lowest BCUT2D eigenvalue weighted by Crippen LogP contribution is -2.45. The highest BCUT2D eigenvalue weighted by atomic mass is 16.5. The van der Waals surface area contributed by atoms with Crippen LogP contribution in [0, 0.1) is 0 Å². The molecule has 7 heteroatoms. The van der Waals surface area contributed by atoms with Crippen molar-refractivity contribution in [1.82, 2.24) is 19.8 Å². The molecule has 0 radical (unpaired) electrons. The van der Waals surface area contributed by atoms with E-state index in [-0.39, 0.29) is 0 Å². The van der Waals surface area contributed by atoms with E-state index in [1.165, 1.54) is 5.56 Å². The Hall–Kier alpha value is -2.90. The number of para-hydroxylation sites is 1. The van der Waals surface area contributed by atoms with Crippen molar-refractivity contribution in [2.24, 2.45) is 0 Å². The van der Waals surface area contributed by atoms with Gasteiger partial charge in [0.05, 0.1) is 12.6 Å². The Bertz CT molecular complexity index is 969. The predicted molar refractivity (Wildman–Crippen MR) is 127 cm³/mol. The molecule has 2 N–H and O–H groups in total. The van der Waals surface area contributed by atoms with Gasteiger partial charge in [0.1, 0.15) is 11.6 Å². The highest BCUT2D eigenvalue weighted by Crippen LogP contribution is 2.22. The maximum Gasteiger partial charge on any atom is 0.225 e. The van der Waals surface area contributed by atoms with E-state index in [1.54, 1.807) is 7.11 Å². The first kappa shape index (κ1) is 21.3. The second-order valence-corrected chi connectivity index (χ2v) is 8.01. The van der Waals surface area contributed by atoms with Crippen molar-refractivity contribution in [3.63, 3.8) is 0 Å². The van der Waals surface area contributed by atoms with Crippen LogP contribution in [0.4, 0.5) is 11.8 Å². The number of rotatable bonds is 9. The average molecular weight is 421 g/mol. The summed E-state index contributed by atoms with van der Waals surface area (Å²) in [6.07, 6.45) is 0.895. The second-order valence-electron chi connectivity index (χ2n) is 8.01. The van der Waals surface area contributed by atoms with Crippen molar-refractivity contribution in [2.45, 2.75) is 6.42 Å². The third kappa shape index (κ3) is 5.83. The molecule has 1 aliphatic heterocycles. The number of piperazine rings is 1. The Morgan fingerprint density at radius 3 is 2.45 bits per heavy atom. The van der Waals surface area contributed by atoms with Crippen molar-refractivity contribution >= 4 is 22.7 Å². The van der Waals surface area contributed by atoms with E-state index in [1.807, 2.05) is 30.3 Å². The molecule has 0 spiro atoms. The van der Waals surface area contributed by atoms with Crippen molar-refractivity contribution in [3.05, 3.63) is 54.1 Å². The summed E-state index contributed by atoms with van der Waals surface area (Å²) in [5.41, 5.74) is 2.20. The molecule has 1 aliphatic rings. The van der Waals surface area contributed by atoms with Crippen LogP contribution in [0.5, 0.6) is 5.75 Å². The molecule has 2 aromatic carbocycles. The molecule has 0 aliphatic carbocycles. The molecule has 1 saturated heterocycles. The number of nitrogens with zero attached hydrogens (tertiary/aromatic N) is 4. The summed E-state index contributed by atoms with van der Waals surface area (Å²) in [4.78, 5) is 14.4. The Balaban J connectivity index is 1.37. The van der Waals surface area contributed by atoms with Gasteiger partial charge in [-0.1, -0.05) is 24.3 Å². The summed E-state index contributed by atoms with van der Waals surface area (Å²) in [7, 11) is 3.87. The van der Waals surface area contributed by atoms with Crippen LogP contribution in [0.25, 0.3) is 10.9 Å². The topological polar surface area (TPSA) is 65.6 Å². The summed E-state index contributed by atoms with van der Waals surface area (Å²) in [5, 5.41) is 7.99. The lowest BCUT2D eigenvalue weighted by atomic mass is 10.1. The Morgan fingerprint density at radius 2 is 1.68 bits per heavy atom. The third-order valence-electron chi connectivity index (χ3n) is 5.78. The second kappa shape index (κ2) is 10.4. The van der Waals surface area contributed by atoms with Crippen molar-refractivity contribution in [1.29, 1.82) is 0 Å². The number of aromatic nitrogens is 2. The van der Waals surface area contributed by atoms with Crippen LogP contribution in [0.2, 0.25) is 0 Å². The first-order valence-electron chi connectivity index (χ1n) is 11.0. The summed E-state index contributed by atoms with van der Waals surface area (Å²) in [6, 6.07) is 16.3. The molecule has 0 atom stereocenters. The van der Waals surface area contributed by atoms with Gasteiger partial charge in [0, 0.05) is 51.2 Å². The predicted octanol–water partition coefficient (Wildman–Crippen LogP) is 2.95. The zero-order valence-electron chi connectivity index (χ0n) is 18.5. The zero-order valence-corrected chi connectivity index (χ0v) is 18.5. The van der Waals surface area contributed by atoms with Crippen LogP contribution in [0.15, 0.2) is 48.5 Å². The number of hydrogen-bond donors (Lipinski definition) is 2. The molecule has 4 rings (SSSR count). The normalized spacial score (nSPS) is 15.2. The summed E-state index contributed by atoms with van der Waals surface area (Å²) < 4.78 is 5.22. The number of ether oxygens (including phenoxy) is 1. The van der Waals surface area contributed by atoms with Crippen LogP contribution in [-0.2, 0) is 6.42 Å². The van der Waals surface area contributed by atoms with Crippen molar-refractivity contribution in [2.75, 3.05) is 70.6 Å². The lowest BCUT2D eigenvalue weighted by molar-refractivity contribution is 0.158. The monoisotopic (exact) mass is 420 g/mol. The number of methoxy groups -OCH3 is 1. The molecule has 0 bridgehead atoms. The molecule has 3 aromatic rings. The van der Waals surface area contributed by atoms with E-state index < -0.39 is 0 Å². The lowest BCUT2D eigenvalue weighted by Gasteiger charge is -2.32. The molecular formula is C24H32N6O. The van der Waals surface area contributed by atoms with Gasteiger partial charge in [0.15, 0.2) is 0 Å². The molecule has 31 heavy (non-hydrogen) atoms. The van der Waals surface area contributed by atoms with Crippen LogP contribution in [0.3, 0.4) is 0 Å². The van der Waals surface area contributed by atoms with E-state index in [0.717, 1.165) is 74.7 Å². The van der Waals surface area contributed by atoms with Gasteiger partial charge in [-0.05, 0) is 43.3 Å². The maximum atomic E-state index is 5.22. The molecule has 0 amide bonds. The van der Waals surface area contributed by atoms with Gasteiger partial charge in [-0.25, -0.2) is 4.98 Å². The molecule has 7 nitrogen and oxygen atoms in total. The molecule has 0 saturated carbocycles. The smallest absolute Gasteiger partial charge is 0.225 e. The highest BCUT2D eigenvalue weighted by molar-refractivity contribution is 5.90. The van der Waals surface area contributed by atoms with Gasteiger partial charge in [-0.3, -0.25) is 4.90 Å². The number of anilines is 2. The molecule has 164 valence electrons. The van der Waals surface area contributed by atoms with E-state index in [4.69, 9.17) is 14.7 Å². The summed E-state index contributed by atoms with van der Waals surface area (Å²) in [6.45, 7) is 7.19. The van der Waals surface area contributed by atoms with E-state index in [2.05, 4.69) is 45.7 Å². The van der Waals surface area contributed by atoms with Gasteiger partial charge >= 0.3 is 0 Å². The van der Waals surface area contributed by atoms with Crippen LogP contribution in [0.1, 0.15) is 5.56 Å². The number of fused-ring (bicyclic) bond motifs is 1. The fourth-order valence-corrected chi connectivity index (χ4v) is 3.81. The molecule has 1 aromatic heterocycles. The molecule has 2 heterocycles. The SMILES string of the molecule is COc1ccc(CCNc2nc(NCCN3CCN(C)CC3)c3ccccc3n2)cc1. The summed E-state index contributed by atoms with van der Waals surface area (Å²) in [5.74, 6) is 2.43. The quantitative estimate of drug-likeness (QED) is 0.552. The minimum Gasteiger partial charge on any atom is -0.497 e. The number of likely N-dealkylation sites (N-methyl/N-ethyl adjacent to an activating group) is 1. The van der Waals surface area contributed by atoms with E-state index in [0.29, 0.717) is 5.95 Å². The largest absolute Gasteiger partial charge is 0.497 e. The highest BCUT2D eigenvalue weighted by Gasteiger charge is 2.13. The number of benzene rings is 2. The fourth-order valence-electron chi connectivity index (χ4n) is 3.81. The molecular weight excluding hydrogens is 388 g/mol. The van der Waals surface area contributed by atoms with E-state index in [9.17, 15) is 0 Å².